The summed E-state index contributed by atoms with van der Waals surface area (Å²) in [6.45, 7) is 4.11. The van der Waals surface area contributed by atoms with E-state index in [2.05, 4.69) is 15.9 Å². The number of hydrogen-bond donors (Lipinski definition) is 1. The fourth-order valence-corrected chi connectivity index (χ4v) is 1.51. The normalized spacial score (nSPS) is 10.3. The molecule has 0 saturated carbocycles. The highest BCUT2D eigenvalue weighted by Crippen LogP contribution is 2.30. The van der Waals surface area contributed by atoms with Gasteiger partial charge in [0.25, 0.3) is 0 Å². The van der Waals surface area contributed by atoms with Crippen molar-refractivity contribution < 1.29 is 9.47 Å². The molecule has 0 aliphatic heterocycles. The molecule has 15 heavy (non-hydrogen) atoms. The molecule has 0 radical (unpaired) electrons. The molecule has 0 spiro atoms. The average molecular weight is 274 g/mol. The summed E-state index contributed by atoms with van der Waals surface area (Å²) in [6.07, 6.45) is 0.884. The summed E-state index contributed by atoms with van der Waals surface area (Å²) in [5, 5.41) is 0. The monoisotopic (exact) mass is 273 g/mol. The number of nitrogen functional groups attached to an aromatic ring is 1. The van der Waals surface area contributed by atoms with Gasteiger partial charge in [-0.05, 0) is 35.0 Å². The largest absolute Gasteiger partial charge is 0.492 e. The predicted molar refractivity (Wildman–Crippen MR) is 65.2 cm³/mol. The van der Waals surface area contributed by atoms with Crippen molar-refractivity contribution in [2.75, 3.05) is 25.6 Å². The van der Waals surface area contributed by atoms with E-state index in [1.165, 1.54) is 0 Å². The lowest BCUT2D eigenvalue weighted by Gasteiger charge is -2.09. The Labute approximate surface area is 98.7 Å². The number of nitrogens with two attached hydrogens (primary N) is 1. The Morgan fingerprint density at radius 3 is 2.87 bits per heavy atom. The van der Waals surface area contributed by atoms with E-state index in [4.69, 9.17) is 15.2 Å². The van der Waals surface area contributed by atoms with E-state index in [0.29, 0.717) is 12.3 Å². The Hall–Kier alpha value is -0.740. The third-order valence-corrected chi connectivity index (χ3v) is 2.74. The number of hydrogen-bond acceptors (Lipinski definition) is 3. The molecule has 0 atom stereocenters. The van der Waals surface area contributed by atoms with Crippen LogP contribution in [-0.4, -0.2) is 19.8 Å². The molecule has 0 bridgehead atoms. The Morgan fingerprint density at radius 1 is 1.33 bits per heavy atom. The SMILES string of the molecule is CCOCCCOc1cccc(N)c1Br. The summed E-state index contributed by atoms with van der Waals surface area (Å²) in [4.78, 5) is 0. The van der Waals surface area contributed by atoms with Gasteiger partial charge in [0.2, 0.25) is 0 Å². The fourth-order valence-electron chi connectivity index (χ4n) is 1.13. The molecule has 4 heteroatoms. The van der Waals surface area contributed by atoms with Crippen LogP contribution in [0, 0.1) is 0 Å². The van der Waals surface area contributed by atoms with Gasteiger partial charge in [0, 0.05) is 25.3 Å². The molecule has 0 aliphatic rings. The molecule has 1 aromatic rings. The molecular formula is C11H16BrNO2. The van der Waals surface area contributed by atoms with Gasteiger partial charge >= 0.3 is 0 Å². The third kappa shape index (κ3) is 4.10. The first-order valence-electron chi connectivity index (χ1n) is 5.00. The zero-order valence-electron chi connectivity index (χ0n) is 8.83. The lowest BCUT2D eigenvalue weighted by molar-refractivity contribution is 0.130. The Kier molecular flexibility index (Phi) is 5.50. The summed E-state index contributed by atoms with van der Waals surface area (Å²) < 4.78 is 11.6. The first-order chi connectivity index (χ1) is 7.25. The first kappa shape index (κ1) is 12.3. The number of benzene rings is 1. The number of anilines is 1. The van der Waals surface area contributed by atoms with Crippen LogP contribution in [0.2, 0.25) is 0 Å². The van der Waals surface area contributed by atoms with Crippen LogP contribution in [0.1, 0.15) is 13.3 Å². The van der Waals surface area contributed by atoms with Crippen molar-refractivity contribution in [3.05, 3.63) is 22.7 Å². The van der Waals surface area contributed by atoms with Crippen molar-refractivity contribution in [3.63, 3.8) is 0 Å². The first-order valence-corrected chi connectivity index (χ1v) is 5.79. The van der Waals surface area contributed by atoms with Crippen LogP contribution in [0.4, 0.5) is 5.69 Å². The lowest BCUT2D eigenvalue weighted by Crippen LogP contribution is -2.03. The van der Waals surface area contributed by atoms with Crippen molar-refractivity contribution in [1.82, 2.24) is 0 Å². The second-order valence-corrected chi connectivity index (χ2v) is 3.85. The highest BCUT2D eigenvalue weighted by Gasteiger charge is 2.03. The van der Waals surface area contributed by atoms with Crippen LogP contribution in [0.15, 0.2) is 22.7 Å². The molecule has 0 fully saturated rings. The highest BCUT2D eigenvalue weighted by atomic mass is 79.9. The summed E-state index contributed by atoms with van der Waals surface area (Å²) in [5.41, 5.74) is 6.41. The molecule has 1 aromatic carbocycles. The number of ether oxygens (including phenoxy) is 2. The van der Waals surface area contributed by atoms with Crippen LogP contribution in [0.25, 0.3) is 0 Å². The van der Waals surface area contributed by atoms with Crippen LogP contribution in [0.3, 0.4) is 0 Å². The van der Waals surface area contributed by atoms with E-state index in [1.54, 1.807) is 0 Å². The topological polar surface area (TPSA) is 44.5 Å². The molecule has 0 amide bonds. The summed E-state index contributed by atoms with van der Waals surface area (Å²) in [5.74, 6) is 0.784. The molecular weight excluding hydrogens is 258 g/mol. The van der Waals surface area contributed by atoms with E-state index in [1.807, 2.05) is 25.1 Å². The quantitative estimate of drug-likeness (QED) is 0.640. The summed E-state index contributed by atoms with van der Waals surface area (Å²) >= 11 is 3.38. The Morgan fingerprint density at radius 2 is 2.13 bits per heavy atom. The smallest absolute Gasteiger partial charge is 0.135 e. The maximum Gasteiger partial charge on any atom is 0.135 e. The summed E-state index contributed by atoms with van der Waals surface area (Å²) in [7, 11) is 0. The zero-order chi connectivity index (χ0) is 11.1. The van der Waals surface area contributed by atoms with Gasteiger partial charge in [0.05, 0.1) is 11.1 Å². The zero-order valence-corrected chi connectivity index (χ0v) is 10.4. The van der Waals surface area contributed by atoms with E-state index < -0.39 is 0 Å². The van der Waals surface area contributed by atoms with Gasteiger partial charge in [-0.1, -0.05) is 6.07 Å². The molecule has 1 rings (SSSR count). The van der Waals surface area contributed by atoms with Gasteiger partial charge in [0.1, 0.15) is 5.75 Å². The molecule has 84 valence electrons. The molecule has 3 nitrogen and oxygen atoms in total. The molecule has 0 heterocycles. The molecule has 0 aliphatic carbocycles. The summed E-state index contributed by atoms with van der Waals surface area (Å²) in [6, 6.07) is 5.59. The minimum absolute atomic E-state index is 0.641. The maximum atomic E-state index is 5.72. The minimum Gasteiger partial charge on any atom is -0.492 e. The standard InChI is InChI=1S/C11H16BrNO2/c1-2-14-7-4-8-15-10-6-3-5-9(13)11(10)12/h3,5-6H,2,4,7-8,13H2,1H3. The Balaban J connectivity index is 2.34. The predicted octanol–water partition coefficient (Wildman–Crippen LogP) is 2.84. The van der Waals surface area contributed by atoms with Gasteiger partial charge in [-0.25, -0.2) is 0 Å². The average Bonchev–Trinajstić information content (AvgIpc) is 2.24. The van der Waals surface area contributed by atoms with E-state index in [-0.39, 0.29) is 0 Å². The third-order valence-electron chi connectivity index (χ3n) is 1.89. The van der Waals surface area contributed by atoms with Crippen LogP contribution in [-0.2, 0) is 4.74 Å². The fraction of sp³-hybridized carbons (Fsp3) is 0.455. The van der Waals surface area contributed by atoms with Crippen molar-refractivity contribution in [2.24, 2.45) is 0 Å². The molecule has 0 unspecified atom stereocenters. The second kappa shape index (κ2) is 6.69. The second-order valence-electron chi connectivity index (χ2n) is 3.06. The maximum absolute atomic E-state index is 5.72. The van der Waals surface area contributed by atoms with Crippen molar-refractivity contribution >= 4 is 21.6 Å². The van der Waals surface area contributed by atoms with Gasteiger partial charge in [-0.3, -0.25) is 0 Å². The molecule has 0 aromatic heterocycles. The lowest BCUT2D eigenvalue weighted by atomic mass is 10.3. The van der Waals surface area contributed by atoms with Crippen molar-refractivity contribution in [1.29, 1.82) is 0 Å². The van der Waals surface area contributed by atoms with E-state index >= 15 is 0 Å². The van der Waals surface area contributed by atoms with E-state index in [0.717, 1.165) is 29.9 Å². The number of halogens is 1. The van der Waals surface area contributed by atoms with Gasteiger partial charge < -0.3 is 15.2 Å². The van der Waals surface area contributed by atoms with Crippen LogP contribution in [0.5, 0.6) is 5.75 Å². The van der Waals surface area contributed by atoms with Gasteiger partial charge in [-0.2, -0.15) is 0 Å². The van der Waals surface area contributed by atoms with Gasteiger partial charge in [0.15, 0.2) is 0 Å². The number of rotatable bonds is 6. The highest BCUT2D eigenvalue weighted by molar-refractivity contribution is 9.10. The van der Waals surface area contributed by atoms with E-state index in [9.17, 15) is 0 Å². The Bertz CT molecular complexity index is 305. The van der Waals surface area contributed by atoms with Crippen LogP contribution >= 0.6 is 15.9 Å². The van der Waals surface area contributed by atoms with Crippen molar-refractivity contribution in [2.45, 2.75) is 13.3 Å². The van der Waals surface area contributed by atoms with Crippen LogP contribution < -0.4 is 10.5 Å². The molecule has 2 N–H and O–H groups in total. The minimum atomic E-state index is 0.641. The van der Waals surface area contributed by atoms with Gasteiger partial charge in [-0.15, -0.1) is 0 Å². The van der Waals surface area contributed by atoms with Crippen molar-refractivity contribution in [3.8, 4) is 5.75 Å². The molecule has 0 saturated heterocycles.